The first kappa shape index (κ1) is 21.8. The normalized spacial score (nSPS) is 10.4. The fraction of sp³-hybridized carbons (Fsp3) is 0.208. The number of fused-ring (bicyclic) bond motifs is 1. The molecule has 0 spiro atoms. The Kier molecular flexibility index (Phi) is 7.59. The van der Waals surface area contributed by atoms with Crippen molar-refractivity contribution in [1.82, 2.24) is 10.6 Å². The van der Waals surface area contributed by atoms with Gasteiger partial charge in [0.25, 0.3) is 11.8 Å². The van der Waals surface area contributed by atoms with E-state index in [1.54, 1.807) is 25.1 Å². The fourth-order valence-corrected chi connectivity index (χ4v) is 3.03. The van der Waals surface area contributed by atoms with Crippen LogP contribution in [0.25, 0.3) is 10.8 Å². The second-order valence-electron chi connectivity index (χ2n) is 6.70. The lowest BCUT2D eigenvalue weighted by molar-refractivity contribution is 0.0951. The molecule has 0 fully saturated rings. The molecule has 0 radical (unpaired) electrons. The second kappa shape index (κ2) is 10.8. The molecule has 7 heteroatoms. The van der Waals surface area contributed by atoms with E-state index in [0.29, 0.717) is 36.4 Å². The van der Waals surface area contributed by atoms with Gasteiger partial charge in [0.1, 0.15) is 5.75 Å². The van der Waals surface area contributed by atoms with Crippen LogP contribution in [0.4, 0.5) is 4.79 Å². The van der Waals surface area contributed by atoms with Gasteiger partial charge in [-0.1, -0.05) is 36.4 Å². The van der Waals surface area contributed by atoms with Crippen molar-refractivity contribution < 1.29 is 23.9 Å². The zero-order valence-corrected chi connectivity index (χ0v) is 17.2. The molecule has 2 amide bonds. The SMILES string of the molecule is CCOC(=O)Oc1ccc(C(=O)NCCCNC(=O)c2cccc3ccccc23)cc1. The minimum atomic E-state index is -0.787. The molecule has 3 aromatic rings. The first-order valence-corrected chi connectivity index (χ1v) is 10.1. The highest BCUT2D eigenvalue weighted by Crippen LogP contribution is 2.18. The summed E-state index contributed by atoms with van der Waals surface area (Å²) < 4.78 is 9.65. The number of hydrogen-bond acceptors (Lipinski definition) is 5. The quantitative estimate of drug-likeness (QED) is 0.327. The molecule has 31 heavy (non-hydrogen) atoms. The third-order valence-electron chi connectivity index (χ3n) is 4.54. The standard InChI is InChI=1S/C24H24N2O5/c1-2-30-24(29)31-19-13-11-18(12-14-19)22(27)25-15-6-16-26-23(28)21-10-5-8-17-7-3-4-9-20(17)21/h3-5,7-14H,2,6,15-16H2,1H3,(H,25,27)(H,26,28). The molecule has 3 aromatic carbocycles. The maximum Gasteiger partial charge on any atom is 0.513 e. The van der Waals surface area contributed by atoms with Crippen LogP contribution in [-0.4, -0.2) is 37.7 Å². The van der Waals surface area contributed by atoms with Gasteiger partial charge in [0.05, 0.1) is 6.61 Å². The van der Waals surface area contributed by atoms with E-state index in [0.717, 1.165) is 10.8 Å². The van der Waals surface area contributed by atoms with Crippen molar-refractivity contribution in [2.24, 2.45) is 0 Å². The Morgan fingerprint density at radius 3 is 2.23 bits per heavy atom. The summed E-state index contributed by atoms with van der Waals surface area (Å²) in [5.74, 6) is -0.0884. The lowest BCUT2D eigenvalue weighted by Crippen LogP contribution is -2.30. The molecule has 160 valence electrons. The molecular weight excluding hydrogens is 396 g/mol. The summed E-state index contributed by atoms with van der Waals surface area (Å²) in [6.45, 7) is 2.76. The van der Waals surface area contributed by atoms with Crippen molar-refractivity contribution in [2.45, 2.75) is 13.3 Å². The van der Waals surface area contributed by atoms with E-state index < -0.39 is 6.16 Å². The molecule has 0 saturated heterocycles. The van der Waals surface area contributed by atoms with E-state index in [1.807, 2.05) is 36.4 Å². The van der Waals surface area contributed by atoms with Crippen LogP contribution in [0.3, 0.4) is 0 Å². The van der Waals surface area contributed by atoms with E-state index in [9.17, 15) is 14.4 Å². The molecule has 0 heterocycles. The van der Waals surface area contributed by atoms with E-state index in [-0.39, 0.29) is 18.4 Å². The number of rotatable bonds is 8. The van der Waals surface area contributed by atoms with Crippen LogP contribution in [0, 0.1) is 0 Å². The largest absolute Gasteiger partial charge is 0.513 e. The molecule has 0 aromatic heterocycles. The minimum Gasteiger partial charge on any atom is -0.434 e. The number of benzene rings is 3. The average Bonchev–Trinajstić information content (AvgIpc) is 2.78. The fourth-order valence-electron chi connectivity index (χ4n) is 3.03. The van der Waals surface area contributed by atoms with E-state index in [1.165, 1.54) is 12.1 Å². The second-order valence-corrected chi connectivity index (χ2v) is 6.70. The highest BCUT2D eigenvalue weighted by Gasteiger charge is 2.10. The van der Waals surface area contributed by atoms with Crippen molar-refractivity contribution >= 4 is 28.7 Å². The Labute approximate surface area is 180 Å². The van der Waals surface area contributed by atoms with Crippen LogP contribution in [0.5, 0.6) is 5.75 Å². The van der Waals surface area contributed by atoms with Gasteiger partial charge in [-0.15, -0.1) is 0 Å². The number of amides is 2. The molecule has 7 nitrogen and oxygen atoms in total. The zero-order chi connectivity index (χ0) is 22.1. The Bertz CT molecular complexity index is 1060. The van der Waals surface area contributed by atoms with Gasteiger partial charge in [-0.2, -0.15) is 0 Å². The summed E-state index contributed by atoms with van der Waals surface area (Å²) in [6, 6.07) is 19.5. The molecule has 3 rings (SSSR count). The number of hydrogen-bond donors (Lipinski definition) is 2. The molecule has 0 saturated carbocycles. The first-order chi connectivity index (χ1) is 15.1. The van der Waals surface area contributed by atoms with Crippen LogP contribution in [0.2, 0.25) is 0 Å². The van der Waals surface area contributed by atoms with Crippen molar-refractivity contribution in [3.05, 3.63) is 77.9 Å². The molecule has 0 aliphatic heterocycles. The zero-order valence-electron chi connectivity index (χ0n) is 17.2. The predicted octanol–water partition coefficient (Wildman–Crippen LogP) is 3.93. The van der Waals surface area contributed by atoms with Gasteiger partial charge in [-0.25, -0.2) is 4.79 Å². The lowest BCUT2D eigenvalue weighted by Gasteiger charge is -2.09. The number of nitrogens with one attached hydrogen (secondary N) is 2. The summed E-state index contributed by atoms with van der Waals surface area (Å²) in [5.41, 5.74) is 1.07. The first-order valence-electron chi connectivity index (χ1n) is 10.1. The van der Waals surface area contributed by atoms with Crippen LogP contribution < -0.4 is 15.4 Å². The van der Waals surface area contributed by atoms with Gasteiger partial charge in [-0.05, 0) is 54.4 Å². The highest BCUT2D eigenvalue weighted by atomic mass is 16.7. The predicted molar refractivity (Wildman–Crippen MR) is 117 cm³/mol. The van der Waals surface area contributed by atoms with Crippen molar-refractivity contribution in [3.8, 4) is 5.75 Å². The van der Waals surface area contributed by atoms with Gasteiger partial charge >= 0.3 is 6.16 Å². The monoisotopic (exact) mass is 420 g/mol. The Morgan fingerprint density at radius 2 is 1.48 bits per heavy atom. The summed E-state index contributed by atoms with van der Waals surface area (Å²) in [6.07, 6.45) is -0.197. The number of carbonyl (C=O) groups is 3. The van der Waals surface area contributed by atoms with Gasteiger partial charge in [-0.3, -0.25) is 9.59 Å². The molecule has 0 aliphatic carbocycles. The van der Waals surface area contributed by atoms with Crippen molar-refractivity contribution in [1.29, 1.82) is 0 Å². The molecule has 0 atom stereocenters. The van der Waals surface area contributed by atoms with E-state index in [2.05, 4.69) is 10.6 Å². The van der Waals surface area contributed by atoms with Gasteiger partial charge in [0.15, 0.2) is 0 Å². The van der Waals surface area contributed by atoms with Crippen molar-refractivity contribution in [3.63, 3.8) is 0 Å². The summed E-state index contributed by atoms with van der Waals surface area (Å²) in [4.78, 5) is 36.0. The molecule has 0 aliphatic rings. The molecular formula is C24H24N2O5. The number of carbonyl (C=O) groups excluding carboxylic acids is 3. The number of ether oxygens (including phenoxy) is 2. The smallest absolute Gasteiger partial charge is 0.434 e. The van der Waals surface area contributed by atoms with Crippen LogP contribution in [0.15, 0.2) is 66.7 Å². The summed E-state index contributed by atoms with van der Waals surface area (Å²) >= 11 is 0. The van der Waals surface area contributed by atoms with Gasteiger partial charge in [0.2, 0.25) is 0 Å². The van der Waals surface area contributed by atoms with E-state index in [4.69, 9.17) is 9.47 Å². The Morgan fingerprint density at radius 1 is 0.806 bits per heavy atom. The van der Waals surface area contributed by atoms with Gasteiger partial charge in [0, 0.05) is 24.2 Å². The lowest BCUT2D eigenvalue weighted by atomic mass is 10.0. The minimum absolute atomic E-state index is 0.139. The molecule has 0 unspecified atom stereocenters. The van der Waals surface area contributed by atoms with Crippen LogP contribution in [0.1, 0.15) is 34.1 Å². The maximum atomic E-state index is 12.5. The third kappa shape index (κ3) is 6.05. The Hall–Kier alpha value is -3.87. The average molecular weight is 420 g/mol. The van der Waals surface area contributed by atoms with Crippen LogP contribution in [-0.2, 0) is 4.74 Å². The van der Waals surface area contributed by atoms with Crippen LogP contribution >= 0.6 is 0 Å². The molecule has 0 bridgehead atoms. The highest BCUT2D eigenvalue weighted by molar-refractivity contribution is 6.07. The maximum absolute atomic E-state index is 12.5. The summed E-state index contributed by atoms with van der Waals surface area (Å²) in [5, 5.41) is 7.61. The molecule has 2 N–H and O–H groups in total. The topological polar surface area (TPSA) is 93.7 Å². The third-order valence-corrected chi connectivity index (χ3v) is 4.54. The summed E-state index contributed by atoms with van der Waals surface area (Å²) in [7, 11) is 0. The van der Waals surface area contributed by atoms with Gasteiger partial charge < -0.3 is 20.1 Å². The van der Waals surface area contributed by atoms with Crippen molar-refractivity contribution in [2.75, 3.05) is 19.7 Å². The Balaban J connectivity index is 1.42. The van der Waals surface area contributed by atoms with E-state index >= 15 is 0 Å².